The lowest BCUT2D eigenvalue weighted by Crippen LogP contribution is -2.41. The minimum absolute atomic E-state index is 0.0925. The molecule has 0 spiro atoms. The number of hydrogen-bond acceptors (Lipinski definition) is 4. The van der Waals surface area contributed by atoms with Crippen molar-refractivity contribution in [2.24, 2.45) is 21.7 Å². The maximum Gasteiger partial charge on any atom is 0.221 e. The van der Waals surface area contributed by atoms with Gasteiger partial charge in [-0.15, -0.1) is 0 Å². The third-order valence-electron chi connectivity index (χ3n) is 8.14. The molecule has 0 radical (unpaired) electrons. The first-order valence-corrected chi connectivity index (χ1v) is 15.4. The van der Waals surface area contributed by atoms with Gasteiger partial charge >= 0.3 is 0 Å². The number of amides is 2. The van der Waals surface area contributed by atoms with E-state index in [0.717, 1.165) is 78.0 Å². The van der Waals surface area contributed by atoms with Crippen LogP contribution in [-0.2, 0) is 9.59 Å². The van der Waals surface area contributed by atoms with Crippen molar-refractivity contribution in [2.75, 3.05) is 52.4 Å². The molecule has 0 aromatic heterocycles. The summed E-state index contributed by atoms with van der Waals surface area (Å²) >= 11 is 0. The predicted molar refractivity (Wildman–Crippen MR) is 164 cm³/mol. The summed E-state index contributed by atoms with van der Waals surface area (Å²) in [6, 6.07) is 0. The molecule has 0 bridgehead atoms. The molecule has 0 aliphatic rings. The number of rotatable bonds is 20. The molecule has 0 aliphatic carbocycles. The van der Waals surface area contributed by atoms with Crippen LogP contribution in [0.3, 0.4) is 0 Å². The first-order valence-electron chi connectivity index (χ1n) is 15.4. The van der Waals surface area contributed by atoms with Crippen molar-refractivity contribution >= 4 is 11.8 Å². The van der Waals surface area contributed by atoms with Crippen LogP contribution in [0.1, 0.15) is 122 Å². The average molecular weight is 539 g/mol. The van der Waals surface area contributed by atoms with Crippen LogP contribution < -0.4 is 10.6 Å². The second-order valence-electron chi connectivity index (χ2n) is 14.7. The third kappa shape index (κ3) is 17.4. The molecule has 6 heteroatoms. The zero-order valence-corrected chi connectivity index (χ0v) is 27.6. The normalized spacial score (nSPS) is 14.6. The Hall–Kier alpha value is -1.14. The standard InChI is InChI=1S/C32H66N4O2/c1-13-30(8,9)24-31(10,11)25-33-27(37)17-19-35(15-3)21-22-36(16-4)20-18-28(38)34-26-32(12,14-2)23-29(5,6)7/h13-26H2,1-12H3,(H,33,37)(H,34,38). The summed E-state index contributed by atoms with van der Waals surface area (Å²) in [7, 11) is 0. The fourth-order valence-corrected chi connectivity index (χ4v) is 5.56. The summed E-state index contributed by atoms with van der Waals surface area (Å²) < 4.78 is 0. The van der Waals surface area contributed by atoms with Gasteiger partial charge in [-0.25, -0.2) is 0 Å². The highest BCUT2D eigenvalue weighted by Crippen LogP contribution is 2.36. The lowest BCUT2D eigenvalue weighted by Gasteiger charge is -2.35. The van der Waals surface area contributed by atoms with Crippen molar-refractivity contribution in [3.05, 3.63) is 0 Å². The highest BCUT2D eigenvalue weighted by atomic mass is 16.2. The van der Waals surface area contributed by atoms with Gasteiger partial charge in [0.1, 0.15) is 0 Å². The molecule has 0 heterocycles. The van der Waals surface area contributed by atoms with E-state index in [2.05, 4.69) is 104 Å². The molecular weight excluding hydrogens is 472 g/mol. The van der Waals surface area contributed by atoms with Gasteiger partial charge in [-0.1, -0.05) is 89.5 Å². The van der Waals surface area contributed by atoms with Gasteiger partial charge < -0.3 is 20.4 Å². The summed E-state index contributed by atoms with van der Waals surface area (Å²) in [6.07, 6.45) is 5.45. The molecule has 2 amide bonds. The SMILES string of the molecule is CCN(CCC(=O)NCC(C)(C)CC(C)(C)CC)CCN(CC)CCC(=O)NCC(C)(CC)CC(C)(C)C. The molecule has 0 aliphatic heterocycles. The van der Waals surface area contributed by atoms with E-state index in [9.17, 15) is 9.59 Å². The van der Waals surface area contributed by atoms with E-state index in [0.29, 0.717) is 18.3 Å². The average Bonchev–Trinajstić information content (AvgIpc) is 2.81. The third-order valence-corrected chi connectivity index (χ3v) is 8.14. The Morgan fingerprint density at radius 3 is 1.39 bits per heavy atom. The zero-order valence-electron chi connectivity index (χ0n) is 27.6. The van der Waals surface area contributed by atoms with Crippen molar-refractivity contribution in [3.63, 3.8) is 0 Å². The van der Waals surface area contributed by atoms with Crippen LogP contribution in [0, 0.1) is 21.7 Å². The molecule has 0 rings (SSSR count). The monoisotopic (exact) mass is 539 g/mol. The van der Waals surface area contributed by atoms with E-state index in [1.165, 1.54) is 0 Å². The van der Waals surface area contributed by atoms with Gasteiger partial charge in [-0.2, -0.15) is 0 Å². The maximum absolute atomic E-state index is 12.6. The summed E-state index contributed by atoms with van der Waals surface area (Å²) in [5, 5.41) is 6.38. The number of likely N-dealkylation sites (N-methyl/N-ethyl adjacent to an activating group) is 2. The van der Waals surface area contributed by atoms with Crippen LogP contribution in [0.15, 0.2) is 0 Å². The van der Waals surface area contributed by atoms with E-state index in [1.807, 2.05) is 0 Å². The van der Waals surface area contributed by atoms with E-state index in [1.54, 1.807) is 0 Å². The maximum atomic E-state index is 12.6. The first-order chi connectivity index (χ1) is 17.4. The van der Waals surface area contributed by atoms with Gasteiger partial charge in [0.2, 0.25) is 11.8 Å². The fourth-order valence-electron chi connectivity index (χ4n) is 5.56. The molecule has 226 valence electrons. The second-order valence-corrected chi connectivity index (χ2v) is 14.7. The Morgan fingerprint density at radius 1 is 0.579 bits per heavy atom. The molecule has 6 nitrogen and oxygen atoms in total. The van der Waals surface area contributed by atoms with Crippen LogP contribution in [-0.4, -0.2) is 74.0 Å². The summed E-state index contributed by atoms with van der Waals surface area (Å²) in [4.78, 5) is 29.8. The smallest absolute Gasteiger partial charge is 0.221 e. The Labute approximate surface area is 237 Å². The molecule has 0 fully saturated rings. The van der Waals surface area contributed by atoms with Gasteiger partial charge in [-0.3, -0.25) is 9.59 Å². The van der Waals surface area contributed by atoms with Crippen molar-refractivity contribution in [3.8, 4) is 0 Å². The number of hydrogen-bond donors (Lipinski definition) is 2. The van der Waals surface area contributed by atoms with Crippen LogP contribution in [0.25, 0.3) is 0 Å². The highest BCUT2D eigenvalue weighted by molar-refractivity contribution is 5.76. The van der Waals surface area contributed by atoms with Crippen LogP contribution in [0.4, 0.5) is 0 Å². The highest BCUT2D eigenvalue weighted by Gasteiger charge is 2.29. The van der Waals surface area contributed by atoms with Crippen molar-refractivity contribution < 1.29 is 9.59 Å². The first kappa shape index (κ1) is 36.9. The minimum Gasteiger partial charge on any atom is -0.356 e. The van der Waals surface area contributed by atoms with Crippen molar-refractivity contribution in [1.29, 1.82) is 0 Å². The fraction of sp³-hybridized carbons (Fsp3) is 0.938. The molecule has 1 unspecified atom stereocenters. The summed E-state index contributed by atoms with van der Waals surface area (Å²) in [6.45, 7) is 33.6. The van der Waals surface area contributed by atoms with E-state index >= 15 is 0 Å². The Bertz CT molecular complexity index is 683. The van der Waals surface area contributed by atoms with Crippen LogP contribution in [0.2, 0.25) is 0 Å². The number of carbonyl (C=O) groups excluding carboxylic acids is 2. The topological polar surface area (TPSA) is 64.7 Å². The van der Waals surface area contributed by atoms with Gasteiger partial charge in [0.25, 0.3) is 0 Å². The number of carbonyl (C=O) groups is 2. The van der Waals surface area contributed by atoms with Crippen molar-refractivity contribution in [1.82, 2.24) is 20.4 Å². The predicted octanol–water partition coefficient (Wildman–Crippen LogP) is 6.35. The van der Waals surface area contributed by atoms with Crippen molar-refractivity contribution in [2.45, 2.75) is 122 Å². The van der Waals surface area contributed by atoms with Crippen LogP contribution in [0.5, 0.6) is 0 Å². The van der Waals surface area contributed by atoms with Gasteiger partial charge in [0.15, 0.2) is 0 Å². The molecule has 0 saturated heterocycles. The molecule has 0 aromatic rings. The quantitative estimate of drug-likeness (QED) is 0.190. The van der Waals surface area contributed by atoms with Gasteiger partial charge in [0, 0.05) is 52.1 Å². The van der Waals surface area contributed by atoms with E-state index in [4.69, 9.17) is 0 Å². The second kappa shape index (κ2) is 16.8. The lowest BCUT2D eigenvalue weighted by molar-refractivity contribution is -0.123. The van der Waals surface area contributed by atoms with Gasteiger partial charge in [-0.05, 0) is 54.0 Å². The van der Waals surface area contributed by atoms with Gasteiger partial charge in [0.05, 0.1) is 0 Å². The number of nitrogens with zero attached hydrogens (tertiary/aromatic N) is 2. The molecule has 0 aromatic carbocycles. The minimum atomic E-state index is 0.0925. The molecule has 38 heavy (non-hydrogen) atoms. The summed E-state index contributed by atoms with van der Waals surface area (Å²) in [5.41, 5.74) is 0.771. The van der Waals surface area contributed by atoms with E-state index in [-0.39, 0.29) is 28.1 Å². The Balaban J connectivity index is 4.47. The largest absolute Gasteiger partial charge is 0.356 e. The molecule has 1 atom stereocenters. The zero-order chi connectivity index (χ0) is 29.6. The Kier molecular flexibility index (Phi) is 16.3. The van der Waals surface area contributed by atoms with Crippen LogP contribution >= 0.6 is 0 Å². The Morgan fingerprint density at radius 2 is 1.03 bits per heavy atom. The molecular formula is C32H66N4O2. The molecule has 0 saturated carbocycles. The van der Waals surface area contributed by atoms with E-state index < -0.39 is 0 Å². The number of nitrogens with one attached hydrogen (secondary N) is 2. The lowest BCUT2D eigenvalue weighted by atomic mass is 9.73. The molecule has 2 N–H and O–H groups in total. The summed E-state index contributed by atoms with van der Waals surface area (Å²) in [5.74, 6) is 0.284.